The average molecular weight is 280 g/mol. The first-order chi connectivity index (χ1) is 9.42. The number of hydrogen-bond donors (Lipinski definition) is 1. The van der Waals surface area contributed by atoms with Crippen molar-refractivity contribution >= 4 is 0 Å². The smallest absolute Gasteiger partial charge is 0.00967 e. The quantitative estimate of drug-likeness (QED) is 0.756. The molecule has 2 fully saturated rings. The predicted molar refractivity (Wildman–Crippen MR) is 88.1 cm³/mol. The molecule has 118 valence electrons. The molecule has 2 nitrogen and oxygen atoms in total. The Bertz CT molecular complexity index is 282. The molecule has 2 saturated carbocycles. The number of rotatable bonds is 7. The monoisotopic (exact) mass is 280 g/mol. The van der Waals surface area contributed by atoms with Gasteiger partial charge in [-0.15, -0.1) is 0 Å². The molecule has 2 aliphatic carbocycles. The van der Waals surface area contributed by atoms with Crippen LogP contribution in [0.2, 0.25) is 0 Å². The van der Waals surface area contributed by atoms with Gasteiger partial charge < -0.3 is 10.2 Å². The van der Waals surface area contributed by atoms with Gasteiger partial charge in [-0.1, -0.05) is 26.2 Å². The second kappa shape index (κ2) is 6.79. The summed E-state index contributed by atoms with van der Waals surface area (Å²) in [6.45, 7) is 14.3. The summed E-state index contributed by atoms with van der Waals surface area (Å²) in [6, 6.07) is 0. The van der Waals surface area contributed by atoms with Crippen molar-refractivity contribution in [3.8, 4) is 0 Å². The van der Waals surface area contributed by atoms with Gasteiger partial charge >= 0.3 is 0 Å². The molecule has 0 radical (unpaired) electrons. The van der Waals surface area contributed by atoms with E-state index in [1.807, 2.05) is 0 Å². The highest BCUT2D eigenvalue weighted by molar-refractivity contribution is 4.91. The van der Waals surface area contributed by atoms with E-state index in [0.717, 1.165) is 5.92 Å². The van der Waals surface area contributed by atoms with Gasteiger partial charge in [0.15, 0.2) is 0 Å². The standard InChI is InChI=1S/C18H36N2/c1-5-20(13-16-9-10-16)15-18(11-7-6-8-12-18)14-19-17(2,3)4/h16,19H,5-15H2,1-4H3. The molecule has 0 aromatic heterocycles. The first kappa shape index (κ1) is 16.3. The number of nitrogens with zero attached hydrogens (tertiary/aromatic N) is 1. The Morgan fingerprint density at radius 1 is 1.10 bits per heavy atom. The van der Waals surface area contributed by atoms with Crippen LogP contribution in [0.4, 0.5) is 0 Å². The summed E-state index contributed by atoms with van der Waals surface area (Å²) in [5.74, 6) is 1.02. The predicted octanol–water partition coefficient (Wildman–Crippen LogP) is 4.06. The van der Waals surface area contributed by atoms with E-state index in [4.69, 9.17) is 0 Å². The number of nitrogens with one attached hydrogen (secondary N) is 1. The second-order valence-corrected chi connectivity index (χ2v) is 8.44. The molecule has 1 N–H and O–H groups in total. The van der Waals surface area contributed by atoms with Crippen LogP contribution in [0, 0.1) is 11.3 Å². The lowest BCUT2D eigenvalue weighted by atomic mass is 9.73. The van der Waals surface area contributed by atoms with Gasteiger partial charge in [0.2, 0.25) is 0 Å². The molecule has 0 amide bonds. The Hall–Kier alpha value is -0.0800. The van der Waals surface area contributed by atoms with Crippen molar-refractivity contribution in [1.29, 1.82) is 0 Å². The topological polar surface area (TPSA) is 15.3 Å². The molecule has 0 aromatic carbocycles. The van der Waals surface area contributed by atoms with Gasteiger partial charge in [0.1, 0.15) is 0 Å². The van der Waals surface area contributed by atoms with Gasteiger partial charge in [0, 0.05) is 25.2 Å². The Morgan fingerprint density at radius 2 is 1.75 bits per heavy atom. The zero-order chi connectivity index (χ0) is 14.6. The van der Waals surface area contributed by atoms with Crippen molar-refractivity contribution in [2.45, 2.75) is 78.2 Å². The molecule has 0 unspecified atom stereocenters. The molecule has 0 saturated heterocycles. The zero-order valence-corrected chi connectivity index (χ0v) is 14.3. The zero-order valence-electron chi connectivity index (χ0n) is 14.3. The maximum absolute atomic E-state index is 3.80. The summed E-state index contributed by atoms with van der Waals surface area (Å²) in [5.41, 5.74) is 0.786. The van der Waals surface area contributed by atoms with E-state index in [-0.39, 0.29) is 5.54 Å². The van der Waals surface area contributed by atoms with Crippen molar-refractivity contribution in [3.63, 3.8) is 0 Å². The minimum Gasteiger partial charge on any atom is -0.311 e. The minimum atomic E-state index is 0.248. The van der Waals surface area contributed by atoms with Gasteiger partial charge in [0.05, 0.1) is 0 Å². The van der Waals surface area contributed by atoms with Crippen molar-refractivity contribution in [3.05, 3.63) is 0 Å². The summed E-state index contributed by atoms with van der Waals surface area (Å²) in [5, 5.41) is 3.80. The third kappa shape index (κ3) is 5.37. The summed E-state index contributed by atoms with van der Waals surface area (Å²) in [7, 11) is 0. The van der Waals surface area contributed by atoms with E-state index in [2.05, 4.69) is 37.9 Å². The molecule has 0 spiro atoms. The van der Waals surface area contributed by atoms with Crippen molar-refractivity contribution in [2.75, 3.05) is 26.2 Å². The lowest BCUT2D eigenvalue weighted by Gasteiger charge is -2.43. The third-order valence-corrected chi connectivity index (χ3v) is 5.13. The first-order valence-corrected chi connectivity index (χ1v) is 8.90. The summed E-state index contributed by atoms with van der Waals surface area (Å²) < 4.78 is 0. The van der Waals surface area contributed by atoms with Crippen LogP contribution < -0.4 is 5.32 Å². The van der Waals surface area contributed by atoms with Crippen molar-refractivity contribution in [2.24, 2.45) is 11.3 Å². The van der Waals surface area contributed by atoms with E-state index in [9.17, 15) is 0 Å². The molecule has 2 aliphatic rings. The molecule has 2 rings (SSSR count). The molecule has 0 heterocycles. The SMILES string of the molecule is CCN(CC1CC1)CC1(CNC(C)(C)C)CCCCC1. The Balaban J connectivity index is 1.93. The van der Waals surface area contributed by atoms with Crippen LogP contribution in [0.1, 0.15) is 72.6 Å². The summed E-state index contributed by atoms with van der Waals surface area (Å²) >= 11 is 0. The van der Waals surface area contributed by atoms with Gasteiger partial charge in [-0.3, -0.25) is 0 Å². The lowest BCUT2D eigenvalue weighted by molar-refractivity contribution is 0.0950. The normalized spacial score (nSPS) is 23.2. The van der Waals surface area contributed by atoms with Crippen molar-refractivity contribution < 1.29 is 0 Å². The van der Waals surface area contributed by atoms with Gasteiger partial charge in [-0.25, -0.2) is 0 Å². The Kier molecular flexibility index (Phi) is 5.53. The van der Waals surface area contributed by atoms with E-state index in [1.165, 1.54) is 71.1 Å². The maximum Gasteiger partial charge on any atom is 0.00967 e. The van der Waals surface area contributed by atoms with Gasteiger partial charge in [-0.2, -0.15) is 0 Å². The fourth-order valence-electron chi connectivity index (χ4n) is 3.59. The molecule has 2 heteroatoms. The second-order valence-electron chi connectivity index (χ2n) is 8.44. The average Bonchev–Trinajstić information content (AvgIpc) is 3.20. The van der Waals surface area contributed by atoms with Crippen LogP contribution in [0.25, 0.3) is 0 Å². The van der Waals surface area contributed by atoms with Gasteiger partial charge in [-0.05, 0) is 64.3 Å². The molecular formula is C18H36N2. The molecule has 0 aliphatic heterocycles. The Morgan fingerprint density at radius 3 is 2.25 bits per heavy atom. The van der Waals surface area contributed by atoms with Crippen LogP contribution in [-0.2, 0) is 0 Å². The lowest BCUT2D eigenvalue weighted by Crippen LogP contribution is -2.50. The molecule has 0 atom stereocenters. The first-order valence-electron chi connectivity index (χ1n) is 8.90. The minimum absolute atomic E-state index is 0.248. The number of hydrogen-bond acceptors (Lipinski definition) is 2. The highest BCUT2D eigenvalue weighted by atomic mass is 15.1. The van der Waals surface area contributed by atoms with Crippen LogP contribution >= 0.6 is 0 Å². The van der Waals surface area contributed by atoms with Crippen molar-refractivity contribution in [1.82, 2.24) is 10.2 Å². The fourth-order valence-corrected chi connectivity index (χ4v) is 3.59. The molecular weight excluding hydrogens is 244 g/mol. The molecule has 20 heavy (non-hydrogen) atoms. The molecule has 0 aromatic rings. The summed E-state index contributed by atoms with van der Waals surface area (Å²) in [4.78, 5) is 2.74. The van der Waals surface area contributed by atoms with Gasteiger partial charge in [0.25, 0.3) is 0 Å². The fraction of sp³-hybridized carbons (Fsp3) is 1.00. The third-order valence-electron chi connectivity index (χ3n) is 5.13. The van der Waals surface area contributed by atoms with E-state index < -0.39 is 0 Å². The maximum atomic E-state index is 3.80. The largest absolute Gasteiger partial charge is 0.311 e. The van der Waals surface area contributed by atoms with E-state index in [0.29, 0.717) is 5.41 Å². The highest BCUT2D eigenvalue weighted by Gasteiger charge is 2.35. The van der Waals surface area contributed by atoms with Crippen LogP contribution in [0.15, 0.2) is 0 Å². The van der Waals surface area contributed by atoms with E-state index >= 15 is 0 Å². The van der Waals surface area contributed by atoms with E-state index in [1.54, 1.807) is 0 Å². The molecule has 0 bridgehead atoms. The highest BCUT2D eigenvalue weighted by Crippen LogP contribution is 2.38. The van der Waals surface area contributed by atoms with Crippen LogP contribution in [-0.4, -0.2) is 36.6 Å². The van der Waals surface area contributed by atoms with Crippen LogP contribution in [0.3, 0.4) is 0 Å². The Labute approximate surface area is 126 Å². The van der Waals surface area contributed by atoms with Crippen LogP contribution in [0.5, 0.6) is 0 Å². The summed E-state index contributed by atoms with van der Waals surface area (Å²) in [6.07, 6.45) is 10.1.